The predicted molar refractivity (Wildman–Crippen MR) is 101 cm³/mol. The molecule has 26 heavy (non-hydrogen) atoms. The quantitative estimate of drug-likeness (QED) is 0.583. The zero-order valence-electron chi connectivity index (χ0n) is 14.0. The number of aliphatic hydroxyl groups excluding tert-OH is 1. The summed E-state index contributed by atoms with van der Waals surface area (Å²) in [5.41, 5.74) is 3.89. The smallest absolute Gasteiger partial charge is 0.134 e. The molecule has 0 atom stereocenters. The summed E-state index contributed by atoms with van der Waals surface area (Å²) < 4.78 is 3.79. The van der Waals surface area contributed by atoms with Gasteiger partial charge in [0.1, 0.15) is 12.4 Å². The summed E-state index contributed by atoms with van der Waals surface area (Å²) in [6.45, 7) is 0.469. The molecule has 0 amide bonds. The molecule has 0 aliphatic rings. The number of hydrogen-bond acceptors (Lipinski definition) is 3. The van der Waals surface area contributed by atoms with Crippen molar-refractivity contribution >= 4 is 11.6 Å². The number of rotatable bonds is 5. The van der Waals surface area contributed by atoms with Crippen molar-refractivity contribution in [2.75, 3.05) is 0 Å². The topological polar surface area (TPSA) is 55.9 Å². The van der Waals surface area contributed by atoms with Gasteiger partial charge in [-0.05, 0) is 24.3 Å². The van der Waals surface area contributed by atoms with Gasteiger partial charge in [0.25, 0.3) is 0 Å². The van der Waals surface area contributed by atoms with E-state index in [1.807, 2.05) is 76.2 Å². The highest BCUT2D eigenvalue weighted by Crippen LogP contribution is 2.26. The Balaban J connectivity index is 1.80. The van der Waals surface area contributed by atoms with Crippen LogP contribution in [0.25, 0.3) is 16.9 Å². The van der Waals surface area contributed by atoms with Crippen LogP contribution in [0.5, 0.6) is 0 Å². The van der Waals surface area contributed by atoms with Crippen molar-refractivity contribution in [3.05, 3.63) is 89.6 Å². The summed E-state index contributed by atoms with van der Waals surface area (Å²) in [6.07, 6.45) is 5.56. The van der Waals surface area contributed by atoms with Crippen molar-refractivity contribution in [3.63, 3.8) is 0 Å². The summed E-state index contributed by atoms with van der Waals surface area (Å²) in [6, 6.07) is 17.6. The number of aromatic nitrogens is 4. The zero-order valence-corrected chi connectivity index (χ0v) is 14.7. The van der Waals surface area contributed by atoms with E-state index in [1.54, 1.807) is 6.20 Å². The molecule has 0 radical (unpaired) electrons. The maximum Gasteiger partial charge on any atom is 0.134 e. The predicted octanol–water partition coefficient (Wildman–Crippen LogP) is 3.93. The number of imidazole rings is 1. The number of hydrogen-bond donors (Lipinski definition) is 1. The van der Waals surface area contributed by atoms with E-state index in [1.165, 1.54) is 0 Å². The summed E-state index contributed by atoms with van der Waals surface area (Å²) in [7, 11) is 0. The van der Waals surface area contributed by atoms with Crippen LogP contribution in [-0.4, -0.2) is 24.4 Å². The van der Waals surface area contributed by atoms with Crippen molar-refractivity contribution in [3.8, 4) is 16.9 Å². The highest BCUT2D eigenvalue weighted by Gasteiger charge is 2.14. The second-order valence-electron chi connectivity index (χ2n) is 5.92. The lowest BCUT2D eigenvalue weighted by Crippen LogP contribution is -2.04. The summed E-state index contributed by atoms with van der Waals surface area (Å²) in [5, 5.41) is 15.0. The Hall–Kier alpha value is -2.89. The lowest BCUT2D eigenvalue weighted by atomic mass is 10.1. The molecule has 6 heteroatoms. The summed E-state index contributed by atoms with van der Waals surface area (Å²) in [4.78, 5) is 4.18. The van der Waals surface area contributed by atoms with Crippen LogP contribution in [0.3, 0.4) is 0 Å². The number of aliphatic hydroxyl groups is 1. The molecule has 0 unspecified atom stereocenters. The molecule has 0 aliphatic heterocycles. The van der Waals surface area contributed by atoms with E-state index >= 15 is 0 Å². The van der Waals surface area contributed by atoms with Crippen molar-refractivity contribution < 1.29 is 5.11 Å². The van der Waals surface area contributed by atoms with Crippen LogP contribution >= 0.6 is 11.6 Å². The lowest BCUT2D eigenvalue weighted by molar-refractivity contribution is 0.266. The maximum absolute atomic E-state index is 9.47. The molecule has 0 saturated heterocycles. The highest BCUT2D eigenvalue weighted by atomic mass is 35.5. The fourth-order valence-electron chi connectivity index (χ4n) is 2.91. The molecule has 4 rings (SSSR count). The van der Waals surface area contributed by atoms with E-state index in [-0.39, 0.29) is 6.61 Å². The third kappa shape index (κ3) is 3.27. The van der Waals surface area contributed by atoms with Gasteiger partial charge in [-0.25, -0.2) is 9.67 Å². The van der Waals surface area contributed by atoms with Crippen LogP contribution < -0.4 is 0 Å². The molecular weight excluding hydrogens is 348 g/mol. The summed E-state index contributed by atoms with van der Waals surface area (Å²) >= 11 is 6.03. The minimum atomic E-state index is -0.101. The van der Waals surface area contributed by atoms with E-state index in [9.17, 15) is 5.11 Å². The molecule has 2 aromatic carbocycles. The highest BCUT2D eigenvalue weighted by molar-refractivity contribution is 6.30. The Labute approximate surface area is 156 Å². The molecule has 0 aliphatic carbocycles. The third-order valence-electron chi connectivity index (χ3n) is 4.21. The fraction of sp³-hybridized carbons (Fsp3) is 0.100. The van der Waals surface area contributed by atoms with Crippen molar-refractivity contribution in [2.45, 2.75) is 13.2 Å². The van der Waals surface area contributed by atoms with Crippen LogP contribution in [0, 0.1) is 0 Å². The first-order chi connectivity index (χ1) is 12.7. The van der Waals surface area contributed by atoms with Gasteiger partial charge < -0.3 is 9.67 Å². The first kappa shape index (κ1) is 16.6. The van der Waals surface area contributed by atoms with Gasteiger partial charge in [-0.2, -0.15) is 5.10 Å². The van der Waals surface area contributed by atoms with Crippen molar-refractivity contribution in [2.24, 2.45) is 0 Å². The van der Waals surface area contributed by atoms with Crippen LogP contribution in [0.4, 0.5) is 0 Å². The van der Waals surface area contributed by atoms with E-state index in [2.05, 4.69) is 4.98 Å². The average molecular weight is 365 g/mol. The van der Waals surface area contributed by atoms with Gasteiger partial charge in [0.05, 0.1) is 17.9 Å². The Morgan fingerprint density at radius 2 is 1.77 bits per heavy atom. The molecule has 1 N–H and O–H groups in total. The molecule has 0 bridgehead atoms. The van der Waals surface area contributed by atoms with Gasteiger partial charge in [-0.1, -0.05) is 41.9 Å². The summed E-state index contributed by atoms with van der Waals surface area (Å²) in [5.74, 6) is 0.625. The minimum Gasteiger partial charge on any atom is -0.388 e. The monoisotopic (exact) mass is 364 g/mol. The molecule has 5 nitrogen and oxygen atoms in total. The Bertz CT molecular complexity index is 1010. The van der Waals surface area contributed by atoms with Crippen LogP contribution in [0.2, 0.25) is 5.02 Å². The molecule has 4 aromatic rings. The van der Waals surface area contributed by atoms with Gasteiger partial charge in [0.2, 0.25) is 0 Å². The number of para-hydroxylation sites is 1. The molecule has 0 saturated carbocycles. The van der Waals surface area contributed by atoms with Crippen LogP contribution in [0.1, 0.15) is 11.4 Å². The van der Waals surface area contributed by atoms with E-state index < -0.39 is 0 Å². The standard InChI is InChI=1S/C20H17ClN4O/c21-17-8-6-15(7-9-17)20-16(12-24-11-10-22-19(24)14-26)13-25(23-20)18-4-2-1-3-5-18/h1-11,13,26H,12,14H2. The molecule has 130 valence electrons. The van der Waals surface area contributed by atoms with Crippen LogP contribution in [-0.2, 0) is 13.2 Å². The average Bonchev–Trinajstić information content (AvgIpc) is 3.30. The zero-order chi connectivity index (χ0) is 17.9. The number of nitrogens with zero attached hydrogens (tertiary/aromatic N) is 4. The number of benzene rings is 2. The van der Waals surface area contributed by atoms with Gasteiger partial charge in [-0.3, -0.25) is 0 Å². The van der Waals surface area contributed by atoms with Crippen molar-refractivity contribution in [1.29, 1.82) is 0 Å². The fourth-order valence-corrected chi connectivity index (χ4v) is 3.03. The Morgan fingerprint density at radius 3 is 2.50 bits per heavy atom. The first-order valence-electron chi connectivity index (χ1n) is 8.25. The minimum absolute atomic E-state index is 0.101. The van der Waals surface area contributed by atoms with Crippen LogP contribution in [0.15, 0.2) is 73.2 Å². The van der Waals surface area contributed by atoms with Gasteiger partial charge in [0.15, 0.2) is 0 Å². The van der Waals surface area contributed by atoms with Gasteiger partial charge in [-0.15, -0.1) is 0 Å². The van der Waals surface area contributed by atoms with Gasteiger partial charge >= 0.3 is 0 Å². The Kier molecular flexibility index (Phi) is 4.56. The largest absolute Gasteiger partial charge is 0.388 e. The normalized spacial score (nSPS) is 11.0. The molecular formula is C20H17ClN4O. The lowest BCUT2D eigenvalue weighted by Gasteiger charge is -2.06. The molecule has 2 heterocycles. The Morgan fingerprint density at radius 1 is 1.00 bits per heavy atom. The second kappa shape index (κ2) is 7.15. The van der Waals surface area contributed by atoms with E-state index in [4.69, 9.17) is 16.7 Å². The number of halogens is 1. The second-order valence-corrected chi connectivity index (χ2v) is 6.36. The van der Waals surface area contributed by atoms with E-state index in [0.717, 1.165) is 22.5 Å². The first-order valence-corrected chi connectivity index (χ1v) is 8.63. The van der Waals surface area contributed by atoms with Gasteiger partial charge in [0, 0.05) is 34.7 Å². The van der Waals surface area contributed by atoms with E-state index in [0.29, 0.717) is 17.4 Å². The molecule has 0 spiro atoms. The van der Waals surface area contributed by atoms with Crippen molar-refractivity contribution in [1.82, 2.24) is 19.3 Å². The maximum atomic E-state index is 9.47. The molecule has 2 aromatic heterocycles. The SMILES string of the molecule is OCc1nccn1Cc1cn(-c2ccccc2)nc1-c1ccc(Cl)cc1. The third-order valence-corrected chi connectivity index (χ3v) is 4.46. The molecule has 0 fully saturated rings.